The molecule has 1 aliphatic rings. The molecular weight excluding hydrogens is 394 g/mol. The Morgan fingerprint density at radius 2 is 1.90 bits per heavy atom. The highest BCUT2D eigenvalue weighted by atomic mass is 32.2. The minimum atomic E-state index is -3.07. The summed E-state index contributed by atoms with van der Waals surface area (Å²) >= 11 is 0. The predicted octanol–water partition coefficient (Wildman–Crippen LogP) is 1.93. The number of carbonyl (C=O) groups is 2. The number of anilines is 1. The Hall–Kier alpha value is -3.07. The first-order valence-electron chi connectivity index (χ1n) is 9.14. The van der Waals surface area contributed by atoms with Gasteiger partial charge >= 0.3 is 6.03 Å². The molecule has 0 aliphatic carbocycles. The van der Waals surface area contributed by atoms with Crippen molar-refractivity contribution in [1.29, 1.82) is 0 Å². The van der Waals surface area contributed by atoms with Gasteiger partial charge in [-0.05, 0) is 42.3 Å². The Bertz CT molecular complexity index is 989. The Morgan fingerprint density at radius 3 is 2.55 bits per heavy atom. The van der Waals surface area contributed by atoms with Gasteiger partial charge in [-0.25, -0.2) is 13.2 Å². The number of sulfone groups is 1. The zero-order valence-corrected chi connectivity index (χ0v) is 16.8. The van der Waals surface area contributed by atoms with Crippen molar-refractivity contribution in [3.63, 3.8) is 0 Å². The van der Waals surface area contributed by atoms with E-state index in [9.17, 15) is 18.0 Å². The zero-order chi connectivity index (χ0) is 20.9. The van der Waals surface area contributed by atoms with Crippen LogP contribution in [-0.4, -0.2) is 45.0 Å². The fraction of sp³-hybridized carbons (Fsp3) is 0.300. The largest absolute Gasteiger partial charge is 0.497 e. The van der Waals surface area contributed by atoms with Gasteiger partial charge in [0.15, 0.2) is 9.84 Å². The molecule has 0 radical (unpaired) electrons. The number of ether oxygens (including phenoxy) is 1. The molecule has 2 aromatic rings. The van der Waals surface area contributed by atoms with Crippen LogP contribution in [0.25, 0.3) is 0 Å². The summed E-state index contributed by atoms with van der Waals surface area (Å²) in [5, 5.41) is 8.11. The lowest BCUT2D eigenvalue weighted by Gasteiger charge is -2.13. The first-order chi connectivity index (χ1) is 13.8. The molecule has 0 saturated carbocycles. The molecular formula is C20H23N3O5S. The zero-order valence-electron chi connectivity index (χ0n) is 16.0. The van der Waals surface area contributed by atoms with E-state index in [0.29, 0.717) is 24.2 Å². The van der Waals surface area contributed by atoms with E-state index in [0.717, 1.165) is 11.3 Å². The molecule has 154 valence electrons. The summed E-state index contributed by atoms with van der Waals surface area (Å²) < 4.78 is 28.1. The van der Waals surface area contributed by atoms with Crippen LogP contribution in [0.4, 0.5) is 10.5 Å². The standard InChI is InChI=1S/C20H23N3O5S/c1-28-18-7-5-14(6-8-18)12-21-19(24)15-3-2-4-16(11-15)22-20(25)23-17-9-10-29(26,27)13-17/h2-8,11,17H,9-10,12-13H2,1H3,(H,21,24)(H2,22,23,25)/t17-/m1/s1. The van der Waals surface area contributed by atoms with Gasteiger partial charge in [-0.15, -0.1) is 0 Å². The van der Waals surface area contributed by atoms with E-state index in [4.69, 9.17) is 4.74 Å². The van der Waals surface area contributed by atoms with E-state index in [1.165, 1.54) is 0 Å². The van der Waals surface area contributed by atoms with Gasteiger partial charge in [0.05, 0.1) is 18.6 Å². The van der Waals surface area contributed by atoms with Gasteiger partial charge in [0.1, 0.15) is 5.75 Å². The molecule has 1 atom stereocenters. The summed E-state index contributed by atoms with van der Waals surface area (Å²) in [6.45, 7) is 0.358. The number of urea groups is 1. The maximum Gasteiger partial charge on any atom is 0.319 e. The number of rotatable bonds is 6. The van der Waals surface area contributed by atoms with Crippen LogP contribution in [0.3, 0.4) is 0 Å². The van der Waals surface area contributed by atoms with E-state index < -0.39 is 21.9 Å². The fourth-order valence-corrected chi connectivity index (χ4v) is 4.70. The normalized spacial score (nSPS) is 17.3. The van der Waals surface area contributed by atoms with Crippen LogP contribution in [0, 0.1) is 0 Å². The van der Waals surface area contributed by atoms with Crippen LogP contribution in [0.15, 0.2) is 48.5 Å². The molecule has 0 unspecified atom stereocenters. The summed E-state index contributed by atoms with van der Waals surface area (Å²) in [4.78, 5) is 24.5. The van der Waals surface area contributed by atoms with Gasteiger partial charge < -0.3 is 20.7 Å². The Labute approximate surface area is 169 Å². The molecule has 8 nitrogen and oxygen atoms in total. The summed E-state index contributed by atoms with van der Waals surface area (Å²) in [7, 11) is -1.48. The van der Waals surface area contributed by atoms with Crippen molar-refractivity contribution in [3.8, 4) is 5.75 Å². The van der Waals surface area contributed by atoms with Crippen molar-refractivity contribution < 1.29 is 22.7 Å². The van der Waals surface area contributed by atoms with Crippen molar-refractivity contribution in [1.82, 2.24) is 10.6 Å². The summed E-state index contributed by atoms with van der Waals surface area (Å²) in [5.74, 6) is 0.509. The molecule has 1 saturated heterocycles. The second kappa shape index (κ2) is 8.95. The SMILES string of the molecule is COc1ccc(CNC(=O)c2cccc(NC(=O)N[C@@H]3CCS(=O)(=O)C3)c2)cc1. The van der Waals surface area contributed by atoms with Crippen LogP contribution in [0.5, 0.6) is 5.75 Å². The lowest BCUT2D eigenvalue weighted by atomic mass is 10.1. The van der Waals surface area contributed by atoms with Gasteiger partial charge in [-0.1, -0.05) is 18.2 Å². The predicted molar refractivity (Wildman–Crippen MR) is 110 cm³/mol. The molecule has 1 aliphatic heterocycles. The average molecular weight is 417 g/mol. The first kappa shape index (κ1) is 20.7. The Kier molecular flexibility index (Phi) is 6.38. The van der Waals surface area contributed by atoms with Crippen molar-refractivity contribution in [2.24, 2.45) is 0 Å². The monoisotopic (exact) mass is 417 g/mol. The van der Waals surface area contributed by atoms with Crippen molar-refractivity contribution >= 4 is 27.5 Å². The van der Waals surface area contributed by atoms with E-state index in [1.807, 2.05) is 24.3 Å². The van der Waals surface area contributed by atoms with Gasteiger partial charge in [-0.3, -0.25) is 4.79 Å². The molecule has 0 bridgehead atoms. The number of amides is 3. The summed E-state index contributed by atoms with van der Waals surface area (Å²) in [5.41, 5.74) is 1.78. The lowest BCUT2D eigenvalue weighted by Crippen LogP contribution is -2.38. The average Bonchev–Trinajstić information content (AvgIpc) is 3.04. The van der Waals surface area contributed by atoms with Crippen LogP contribution in [0.1, 0.15) is 22.3 Å². The molecule has 3 rings (SSSR count). The molecule has 3 N–H and O–H groups in total. The maximum absolute atomic E-state index is 12.4. The van der Waals surface area contributed by atoms with Crippen LogP contribution in [-0.2, 0) is 16.4 Å². The van der Waals surface area contributed by atoms with Crippen LogP contribution in [0.2, 0.25) is 0 Å². The second-order valence-electron chi connectivity index (χ2n) is 6.81. The molecule has 29 heavy (non-hydrogen) atoms. The highest BCUT2D eigenvalue weighted by Crippen LogP contribution is 2.14. The number of nitrogens with one attached hydrogen (secondary N) is 3. The van der Waals surface area contributed by atoms with E-state index in [2.05, 4.69) is 16.0 Å². The first-order valence-corrected chi connectivity index (χ1v) is 11.0. The van der Waals surface area contributed by atoms with Crippen molar-refractivity contribution in [2.45, 2.75) is 19.0 Å². The summed E-state index contributed by atoms with van der Waals surface area (Å²) in [6, 6.07) is 13.0. The van der Waals surface area contributed by atoms with Crippen LogP contribution < -0.4 is 20.7 Å². The minimum absolute atomic E-state index is 0.0474. The molecule has 9 heteroatoms. The smallest absolute Gasteiger partial charge is 0.319 e. The highest BCUT2D eigenvalue weighted by molar-refractivity contribution is 7.91. The topological polar surface area (TPSA) is 114 Å². The van der Waals surface area contributed by atoms with Gasteiger partial charge in [0.2, 0.25) is 0 Å². The second-order valence-corrected chi connectivity index (χ2v) is 9.04. The minimum Gasteiger partial charge on any atom is -0.497 e. The number of carbonyl (C=O) groups excluding carboxylic acids is 2. The quantitative estimate of drug-likeness (QED) is 0.665. The molecule has 2 aromatic carbocycles. The molecule has 1 heterocycles. The van der Waals surface area contributed by atoms with E-state index >= 15 is 0 Å². The number of benzene rings is 2. The third-order valence-electron chi connectivity index (χ3n) is 4.56. The van der Waals surface area contributed by atoms with Crippen molar-refractivity contribution in [3.05, 3.63) is 59.7 Å². The summed E-state index contributed by atoms with van der Waals surface area (Å²) in [6.07, 6.45) is 0.406. The molecule has 3 amide bonds. The van der Waals surface area contributed by atoms with Crippen LogP contribution >= 0.6 is 0 Å². The van der Waals surface area contributed by atoms with E-state index in [-0.39, 0.29) is 17.4 Å². The lowest BCUT2D eigenvalue weighted by molar-refractivity contribution is 0.0951. The number of hydrogen-bond acceptors (Lipinski definition) is 5. The van der Waals surface area contributed by atoms with Crippen molar-refractivity contribution in [2.75, 3.05) is 23.9 Å². The maximum atomic E-state index is 12.4. The Balaban J connectivity index is 1.54. The number of hydrogen-bond donors (Lipinski definition) is 3. The highest BCUT2D eigenvalue weighted by Gasteiger charge is 2.28. The van der Waals surface area contributed by atoms with Gasteiger partial charge in [-0.2, -0.15) is 0 Å². The molecule has 0 spiro atoms. The third-order valence-corrected chi connectivity index (χ3v) is 6.33. The number of methoxy groups -OCH3 is 1. The fourth-order valence-electron chi connectivity index (χ4n) is 3.03. The van der Waals surface area contributed by atoms with Gasteiger partial charge in [0.25, 0.3) is 5.91 Å². The Morgan fingerprint density at radius 1 is 1.14 bits per heavy atom. The molecule has 0 aromatic heterocycles. The third kappa shape index (κ3) is 5.95. The van der Waals surface area contributed by atoms with E-state index in [1.54, 1.807) is 31.4 Å². The van der Waals surface area contributed by atoms with Gasteiger partial charge in [0, 0.05) is 23.8 Å². The molecule has 1 fully saturated rings.